The Morgan fingerprint density at radius 3 is 2.24 bits per heavy atom. The van der Waals surface area contributed by atoms with Crippen molar-refractivity contribution in [1.82, 2.24) is 5.32 Å². The molecule has 2 aromatic carbocycles. The second-order valence-electron chi connectivity index (χ2n) is 5.80. The zero-order valence-corrected chi connectivity index (χ0v) is 15.2. The van der Waals surface area contributed by atoms with Gasteiger partial charge in [0.05, 0.1) is 0 Å². The molecule has 0 aromatic heterocycles. The molecule has 0 aliphatic heterocycles. The summed E-state index contributed by atoms with van der Waals surface area (Å²) in [6.45, 7) is 2.24. The number of hydrogen-bond donors (Lipinski definition) is 1. The maximum atomic E-state index is 3.75. The summed E-state index contributed by atoms with van der Waals surface area (Å²) in [4.78, 5) is 0. The first-order valence-electron chi connectivity index (χ1n) is 7.40. The van der Waals surface area contributed by atoms with E-state index < -0.39 is 0 Å². The third-order valence-electron chi connectivity index (χ3n) is 4.34. The van der Waals surface area contributed by atoms with Crippen LogP contribution in [0.3, 0.4) is 0 Å². The molecule has 0 radical (unpaired) electrons. The topological polar surface area (TPSA) is 12.0 Å². The predicted molar refractivity (Wildman–Crippen MR) is 95.6 cm³/mol. The number of nitrogens with one attached hydrogen (secondary N) is 1. The number of rotatable bonds is 4. The molecule has 21 heavy (non-hydrogen) atoms. The molecule has 1 fully saturated rings. The highest BCUT2D eigenvalue weighted by molar-refractivity contribution is 9.10. The lowest BCUT2D eigenvalue weighted by atomic mass is 9.75. The van der Waals surface area contributed by atoms with E-state index >= 15 is 0 Å². The average molecular weight is 409 g/mol. The first kappa shape index (κ1) is 15.3. The molecule has 0 spiro atoms. The average Bonchev–Trinajstić information content (AvgIpc) is 2.44. The summed E-state index contributed by atoms with van der Waals surface area (Å²) in [7, 11) is 0. The van der Waals surface area contributed by atoms with Crippen LogP contribution in [-0.2, 0) is 0 Å². The number of halogens is 2. The van der Waals surface area contributed by atoms with Gasteiger partial charge in [-0.05, 0) is 48.9 Å². The van der Waals surface area contributed by atoms with Crippen molar-refractivity contribution in [1.29, 1.82) is 0 Å². The van der Waals surface area contributed by atoms with E-state index in [2.05, 4.69) is 92.6 Å². The molecule has 0 saturated heterocycles. The third kappa shape index (κ3) is 3.41. The fourth-order valence-electron chi connectivity index (χ4n) is 3.08. The van der Waals surface area contributed by atoms with Crippen LogP contribution >= 0.6 is 31.9 Å². The molecule has 1 aliphatic rings. The quantitative estimate of drug-likeness (QED) is 0.673. The fraction of sp³-hybridized carbons (Fsp3) is 0.333. The van der Waals surface area contributed by atoms with E-state index in [1.54, 1.807) is 0 Å². The summed E-state index contributed by atoms with van der Waals surface area (Å²) in [6.07, 6.45) is 2.44. The van der Waals surface area contributed by atoms with Gasteiger partial charge in [-0.25, -0.2) is 0 Å². The van der Waals surface area contributed by atoms with Gasteiger partial charge in [-0.2, -0.15) is 0 Å². The summed E-state index contributed by atoms with van der Waals surface area (Å²) >= 11 is 7.30. The standard InChI is InChI=1S/C18H19Br2N/c1-12(15-6-2-4-8-17(15)19)21-14-10-13(11-14)16-7-3-5-9-18(16)20/h2-9,12-14,21H,10-11H2,1H3/t12-,13?,14?/m0/s1. The first-order valence-corrected chi connectivity index (χ1v) is 8.98. The van der Waals surface area contributed by atoms with Gasteiger partial charge in [-0.15, -0.1) is 0 Å². The fourth-order valence-corrected chi connectivity index (χ4v) is 4.32. The SMILES string of the molecule is C[C@H](NC1CC(c2ccccc2Br)C1)c1ccccc1Br. The Labute approximate surface area is 143 Å². The highest BCUT2D eigenvalue weighted by Gasteiger charge is 2.32. The highest BCUT2D eigenvalue weighted by Crippen LogP contribution is 2.41. The van der Waals surface area contributed by atoms with Gasteiger partial charge in [-0.3, -0.25) is 0 Å². The molecule has 0 bridgehead atoms. The van der Waals surface area contributed by atoms with Gasteiger partial charge in [0.15, 0.2) is 0 Å². The zero-order valence-electron chi connectivity index (χ0n) is 12.0. The van der Waals surface area contributed by atoms with Crippen molar-refractivity contribution in [3.63, 3.8) is 0 Å². The maximum Gasteiger partial charge on any atom is 0.0305 e. The minimum atomic E-state index is 0.380. The van der Waals surface area contributed by atoms with Crippen LogP contribution in [0.4, 0.5) is 0 Å². The van der Waals surface area contributed by atoms with E-state index in [1.165, 1.54) is 32.9 Å². The summed E-state index contributed by atoms with van der Waals surface area (Å²) in [5.41, 5.74) is 2.78. The van der Waals surface area contributed by atoms with Gasteiger partial charge >= 0.3 is 0 Å². The molecule has 1 aliphatic carbocycles. The van der Waals surface area contributed by atoms with Gasteiger partial charge in [0.25, 0.3) is 0 Å². The molecule has 3 heteroatoms. The predicted octanol–water partition coefficient (Wildman–Crippen LogP) is 5.81. The van der Waals surface area contributed by atoms with Crippen molar-refractivity contribution in [3.8, 4) is 0 Å². The summed E-state index contributed by atoms with van der Waals surface area (Å²) in [6, 6.07) is 18.0. The van der Waals surface area contributed by atoms with Crippen LogP contribution in [-0.4, -0.2) is 6.04 Å². The molecule has 0 heterocycles. The van der Waals surface area contributed by atoms with E-state index in [1.807, 2.05) is 0 Å². The summed E-state index contributed by atoms with van der Waals surface area (Å²) < 4.78 is 2.43. The normalized spacial score (nSPS) is 22.6. The molecule has 3 rings (SSSR count). The second-order valence-corrected chi connectivity index (χ2v) is 7.51. The first-order chi connectivity index (χ1) is 10.1. The van der Waals surface area contributed by atoms with Crippen LogP contribution in [0.15, 0.2) is 57.5 Å². The number of benzene rings is 2. The van der Waals surface area contributed by atoms with Crippen molar-refractivity contribution < 1.29 is 0 Å². The summed E-state index contributed by atoms with van der Waals surface area (Å²) in [5.74, 6) is 0.685. The van der Waals surface area contributed by atoms with Crippen LogP contribution in [0.25, 0.3) is 0 Å². The van der Waals surface area contributed by atoms with Crippen molar-refractivity contribution in [2.45, 2.75) is 37.8 Å². The van der Waals surface area contributed by atoms with E-state index in [0.29, 0.717) is 18.0 Å². The Kier molecular flexibility index (Phi) is 4.82. The van der Waals surface area contributed by atoms with Crippen LogP contribution in [0, 0.1) is 0 Å². The maximum absolute atomic E-state index is 3.75. The molecule has 0 amide bonds. The lowest BCUT2D eigenvalue weighted by molar-refractivity contribution is 0.270. The van der Waals surface area contributed by atoms with Crippen LogP contribution in [0.5, 0.6) is 0 Å². The van der Waals surface area contributed by atoms with Gasteiger partial charge in [0.1, 0.15) is 0 Å². The van der Waals surface area contributed by atoms with E-state index in [0.717, 1.165) is 0 Å². The monoisotopic (exact) mass is 407 g/mol. The van der Waals surface area contributed by atoms with Crippen LogP contribution in [0.1, 0.15) is 42.9 Å². The molecule has 1 N–H and O–H groups in total. The van der Waals surface area contributed by atoms with Crippen molar-refractivity contribution >= 4 is 31.9 Å². The van der Waals surface area contributed by atoms with Gasteiger partial charge < -0.3 is 5.32 Å². The Bertz CT molecular complexity index is 620. The van der Waals surface area contributed by atoms with Crippen molar-refractivity contribution in [3.05, 3.63) is 68.6 Å². The van der Waals surface area contributed by atoms with Crippen LogP contribution < -0.4 is 5.32 Å². The minimum absolute atomic E-state index is 0.380. The van der Waals surface area contributed by atoms with Crippen LogP contribution in [0.2, 0.25) is 0 Å². The van der Waals surface area contributed by atoms with Crippen molar-refractivity contribution in [2.24, 2.45) is 0 Å². The summed E-state index contributed by atoms with van der Waals surface area (Å²) in [5, 5.41) is 3.75. The molecular formula is C18H19Br2N. The van der Waals surface area contributed by atoms with E-state index in [-0.39, 0.29) is 0 Å². The van der Waals surface area contributed by atoms with Crippen molar-refractivity contribution in [2.75, 3.05) is 0 Å². The Balaban J connectivity index is 1.58. The molecule has 1 nitrogen and oxygen atoms in total. The second kappa shape index (κ2) is 6.64. The van der Waals surface area contributed by atoms with Gasteiger partial charge in [0.2, 0.25) is 0 Å². The van der Waals surface area contributed by atoms with E-state index in [9.17, 15) is 0 Å². The smallest absolute Gasteiger partial charge is 0.0305 e. The molecular weight excluding hydrogens is 390 g/mol. The Morgan fingerprint density at radius 1 is 0.952 bits per heavy atom. The molecule has 0 unspecified atom stereocenters. The zero-order chi connectivity index (χ0) is 14.8. The van der Waals surface area contributed by atoms with E-state index in [4.69, 9.17) is 0 Å². The molecule has 1 saturated carbocycles. The third-order valence-corrected chi connectivity index (χ3v) is 5.78. The lowest BCUT2D eigenvalue weighted by Gasteiger charge is -2.38. The van der Waals surface area contributed by atoms with Gasteiger partial charge in [0, 0.05) is 21.0 Å². The minimum Gasteiger partial charge on any atom is -0.307 e. The lowest BCUT2D eigenvalue weighted by Crippen LogP contribution is -2.41. The van der Waals surface area contributed by atoms with Gasteiger partial charge in [-0.1, -0.05) is 68.3 Å². The Morgan fingerprint density at radius 2 is 1.57 bits per heavy atom. The molecule has 110 valence electrons. The molecule has 2 aromatic rings. The molecule has 1 atom stereocenters. The highest BCUT2D eigenvalue weighted by atomic mass is 79.9. The largest absolute Gasteiger partial charge is 0.307 e. The number of hydrogen-bond acceptors (Lipinski definition) is 1. The Hall–Kier alpha value is -0.640.